The van der Waals surface area contributed by atoms with E-state index in [9.17, 15) is 5.11 Å². The van der Waals surface area contributed by atoms with E-state index in [2.05, 4.69) is 45.0 Å². The molecule has 2 aromatic carbocycles. The van der Waals surface area contributed by atoms with Crippen molar-refractivity contribution in [2.24, 2.45) is 0 Å². The molecule has 100 valence electrons. The van der Waals surface area contributed by atoms with Gasteiger partial charge in [0.2, 0.25) is 0 Å². The van der Waals surface area contributed by atoms with E-state index >= 15 is 0 Å². The van der Waals surface area contributed by atoms with Crippen LogP contribution in [0.4, 0.5) is 0 Å². The van der Waals surface area contributed by atoms with Crippen LogP contribution in [-0.2, 0) is 18.3 Å². The highest BCUT2D eigenvalue weighted by atomic mass is 16.3. The second-order valence-corrected chi connectivity index (χ2v) is 6.12. The Bertz CT molecular complexity index is 532. The Kier molecular flexibility index (Phi) is 3.94. The first-order valence-electron chi connectivity index (χ1n) is 6.82. The van der Waals surface area contributed by atoms with Gasteiger partial charge in [0.15, 0.2) is 0 Å². The molecule has 0 bridgehead atoms. The minimum Gasteiger partial charge on any atom is -0.508 e. The molecule has 0 saturated heterocycles. The van der Waals surface area contributed by atoms with E-state index in [4.69, 9.17) is 0 Å². The van der Waals surface area contributed by atoms with E-state index in [-0.39, 0.29) is 5.41 Å². The molecule has 2 rings (SSSR count). The number of aryl methyl sites for hydroxylation is 2. The highest BCUT2D eigenvalue weighted by molar-refractivity contribution is 5.30. The number of phenols is 1. The number of aromatic hydroxyl groups is 1. The number of hydrogen-bond donors (Lipinski definition) is 1. The van der Waals surface area contributed by atoms with Crippen molar-refractivity contribution in [2.45, 2.75) is 39.0 Å². The molecular weight excluding hydrogens is 232 g/mol. The fourth-order valence-electron chi connectivity index (χ4n) is 2.14. The van der Waals surface area contributed by atoms with Crippen LogP contribution in [0.2, 0.25) is 0 Å². The van der Waals surface area contributed by atoms with Crippen LogP contribution in [0.15, 0.2) is 48.5 Å². The number of phenolic OH excluding ortho intramolecular Hbond substituents is 1. The Morgan fingerprint density at radius 3 is 2.11 bits per heavy atom. The zero-order valence-electron chi connectivity index (χ0n) is 12.0. The fourth-order valence-corrected chi connectivity index (χ4v) is 2.14. The van der Waals surface area contributed by atoms with Gasteiger partial charge in [-0.05, 0) is 47.1 Å². The van der Waals surface area contributed by atoms with E-state index in [1.807, 2.05) is 12.1 Å². The van der Waals surface area contributed by atoms with Gasteiger partial charge in [-0.3, -0.25) is 0 Å². The summed E-state index contributed by atoms with van der Waals surface area (Å²) >= 11 is 0. The van der Waals surface area contributed by atoms with Crippen molar-refractivity contribution in [2.75, 3.05) is 0 Å². The van der Waals surface area contributed by atoms with Crippen LogP contribution in [0.5, 0.6) is 5.75 Å². The largest absolute Gasteiger partial charge is 0.508 e. The summed E-state index contributed by atoms with van der Waals surface area (Å²) in [4.78, 5) is 0. The summed E-state index contributed by atoms with van der Waals surface area (Å²) in [7, 11) is 0. The minimum atomic E-state index is 0.203. The predicted octanol–water partition coefficient (Wildman–Crippen LogP) is 4.47. The van der Waals surface area contributed by atoms with Crippen LogP contribution in [-0.4, -0.2) is 5.11 Å². The standard InChI is InChI=1S/C18H22O/c1-18(2,3)16-6-4-5-15(13-16)8-7-14-9-11-17(19)12-10-14/h4-6,9-13,19H,7-8H2,1-3H3. The monoisotopic (exact) mass is 254 g/mol. The van der Waals surface area contributed by atoms with Crippen molar-refractivity contribution in [3.05, 3.63) is 65.2 Å². The molecule has 1 heteroatoms. The average Bonchev–Trinajstić information content (AvgIpc) is 2.37. The Morgan fingerprint density at radius 1 is 0.842 bits per heavy atom. The summed E-state index contributed by atoms with van der Waals surface area (Å²) in [6.07, 6.45) is 2.04. The van der Waals surface area contributed by atoms with Gasteiger partial charge in [0.25, 0.3) is 0 Å². The Balaban J connectivity index is 2.05. The van der Waals surface area contributed by atoms with E-state index in [1.54, 1.807) is 12.1 Å². The molecule has 2 aromatic rings. The van der Waals surface area contributed by atoms with Gasteiger partial charge >= 0.3 is 0 Å². The van der Waals surface area contributed by atoms with Gasteiger partial charge in [0, 0.05) is 0 Å². The zero-order chi connectivity index (χ0) is 13.9. The summed E-state index contributed by atoms with van der Waals surface area (Å²) in [6, 6.07) is 16.3. The maximum Gasteiger partial charge on any atom is 0.115 e. The highest BCUT2D eigenvalue weighted by Crippen LogP contribution is 2.23. The first-order valence-corrected chi connectivity index (χ1v) is 6.82. The third-order valence-corrected chi connectivity index (χ3v) is 3.43. The van der Waals surface area contributed by atoms with E-state index in [0.29, 0.717) is 5.75 Å². The molecule has 0 amide bonds. The van der Waals surface area contributed by atoms with Crippen LogP contribution in [0, 0.1) is 0 Å². The van der Waals surface area contributed by atoms with Crippen LogP contribution in [0.25, 0.3) is 0 Å². The molecule has 0 saturated carbocycles. The number of rotatable bonds is 3. The van der Waals surface area contributed by atoms with Gasteiger partial charge in [0.1, 0.15) is 5.75 Å². The topological polar surface area (TPSA) is 20.2 Å². The Labute approximate surface area is 115 Å². The lowest BCUT2D eigenvalue weighted by molar-refractivity contribution is 0.475. The van der Waals surface area contributed by atoms with Gasteiger partial charge in [-0.1, -0.05) is 57.2 Å². The predicted molar refractivity (Wildman–Crippen MR) is 80.7 cm³/mol. The third kappa shape index (κ3) is 3.85. The minimum absolute atomic E-state index is 0.203. The molecule has 1 N–H and O–H groups in total. The van der Waals surface area contributed by atoms with Gasteiger partial charge in [-0.2, -0.15) is 0 Å². The lowest BCUT2D eigenvalue weighted by Crippen LogP contribution is -2.11. The maximum atomic E-state index is 9.27. The number of hydrogen-bond acceptors (Lipinski definition) is 1. The van der Waals surface area contributed by atoms with Gasteiger partial charge < -0.3 is 5.11 Å². The maximum absolute atomic E-state index is 9.27. The second kappa shape index (κ2) is 5.48. The fraction of sp³-hybridized carbons (Fsp3) is 0.333. The average molecular weight is 254 g/mol. The van der Waals surface area contributed by atoms with Gasteiger partial charge in [0.05, 0.1) is 0 Å². The molecule has 0 aliphatic rings. The molecule has 0 fully saturated rings. The third-order valence-electron chi connectivity index (χ3n) is 3.43. The quantitative estimate of drug-likeness (QED) is 0.856. The first-order chi connectivity index (χ1) is 8.95. The SMILES string of the molecule is CC(C)(C)c1cccc(CCc2ccc(O)cc2)c1. The summed E-state index contributed by atoms with van der Waals surface area (Å²) < 4.78 is 0. The van der Waals surface area contributed by atoms with Crippen molar-refractivity contribution in [1.82, 2.24) is 0 Å². The summed E-state index contributed by atoms with van der Waals surface area (Å²) in [6.45, 7) is 6.73. The van der Waals surface area contributed by atoms with E-state index in [0.717, 1.165) is 12.8 Å². The molecule has 0 heterocycles. The van der Waals surface area contributed by atoms with Gasteiger partial charge in [-0.25, -0.2) is 0 Å². The molecule has 0 spiro atoms. The molecule has 0 aromatic heterocycles. The molecule has 0 aliphatic carbocycles. The van der Waals surface area contributed by atoms with Crippen molar-refractivity contribution >= 4 is 0 Å². The second-order valence-electron chi connectivity index (χ2n) is 6.12. The molecule has 1 nitrogen and oxygen atoms in total. The van der Waals surface area contributed by atoms with Crippen molar-refractivity contribution in [3.8, 4) is 5.75 Å². The summed E-state index contributed by atoms with van der Waals surface area (Å²) in [5.74, 6) is 0.332. The molecule has 0 unspecified atom stereocenters. The highest BCUT2D eigenvalue weighted by Gasteiger charge is 2.13. The summed E-state index contributed by atoms with van der Waals surface area (Å²) in [5.41, 5.74) is 4.23. The van der Waals surface area contributed by atoms with Crippen molar-refractivity contribution in [3.63, 3.8) is 0 Å². The zero-order valence-corrected chi connectivity index (χ0v) is 12.0. The van der Waals surface area contributed by atoms with Crippen molar-refractivity contribution < 1.29 is 5.11 Å². The van der Waals surface area contributed by atoms with Crippen LogP contribution >= 0.6 is 0 Å². The normalized spacial score (nSPS) is 11.5. The smallest absolute Gasteiger partial charge is 0.115 e. The van der Waals surface area contributed by atoms with Crippen LogP contribution in [0.3, 0.4) is 0 Å². The molecule has 0 aliphatic heterocycles. The molecular formula is C18H22O. The first kappa shape index (κ1) is 13.7. The lowest BCUT2D eigenvalue weighted by Gasteiger charge is -2.19. The Morgan fingerprint density at radius 2 is 1.47 bits per heavy atom. The van der Waals surface area contributed by atoms with Crippen LogP contribution in [0.1, 0.15) is 37.5 Å². The molecule has 19 heavy (non-hydrogen) atoms. The molecule has 0 atom stereocenters. The molecule has 0 radical (unpaired) electrons. The van der Waals surface area contributed by atoms with E-state index in [1.165, 1.54) is 16.7 Å². The number of benzene rings is 2. The van der Waals surface area contributed by atoms with E-state index < -0.39 is 0 Å². The summed E-state index contributed by atoms with van der Waals surface area (Å²) in [5, 5.41) is 9.27. The van der Waals surface area contributed by atoms with Crippen LogP contribution < -0.4 is 0 Å². The van der Waals surface area contributed by atoms with Gasteiger partial charge in [-0.15, -0.1) is 0 Å². The Hall–Kier alpha value is -1.76. The lowest BCUT2D eigenvalue weighted by atomic mass is 9.85. The van der Waals surface area contributed by atoms with Crippen molar-refractivity contribution in [1.29, 1.82) is 0 Å².